The lowest BCUT2D eigenvalue weighted by Crippen LogP contribution is -2.36. The number of hydrogen-bond acceptors (Lipinski definition) is 3. The summed E-state index contributed by atoms with van der Waals surface area (Å²) in [5.41, 5.74) is 1.11. The molecule has 0 aromatic rings. The van der Waals surface area contributed by atoms with Crippen LogP contribution in [0.25, 0.3) is 0 Å². The summed E-state index contributed by atoms with van der Waals surface area (Å²) in [5.74, 6) is 2.04. The van der Waals surface area contributed by atoms with Crippen LogP contribution in [0.4, 0.5) is 0 Å². The van der Waals surface area contributed by atoms with Crippen molar-refractivity contribution in [1.29, 1.82) is 0 Å². The molecule has 0 aromatic carbocycles. The Morgan fingerprint density at radius 2 is 2.00 bits per heavy atom. The molecule has 1 aliphatic heterocycles. The van der Waals surface area contributed by atoms with Gasteiger partial charge >= 0.3 is 5.97 Å². The van der Waals surface area contributed by atoms with E-state index in [-0.39, 0.29) is 11.4 Å². The van der Waals surface area contributed by atoms with Crippen LogP contribution in [0.3, 0.4) is 0 Å². The lowest BCUT2D eigenvalue weighted by molar-refractivity contribution is -0.155. The molecule has 0 spiro atoms. The van der Waals surface area contributed by atoms with Gasteiger partial charge in [-0.1, -0.05) is 62.5 Å². The maximum atomic E-state index is 12.4. The van der Waals surface area contributed by atoms with Crippen LogP contribution in [0.1, 0.15) is 92.9 Å². The molecule has 0 bridgehead atoms. The van der Waals surface area contributed by atoms with Crippen molar-refractivity contribution >= 4 is 21.9 Å². The molecule has 6 atom stereocenters. The second kappa shape index (κ2) is 8.06. The summed E-state index contributed by atoms with van der Waals surface area (Å²) in [5, 5.41) is 0. The Hall–Kier alpha value is -0.350. The van der Waals surface area contributed by atoms with Crippen molar-refractivity contribution < 1.29 is 14.3 Å². The largest absolute Gasteiger partial charge is 0.433 e. The van der Waals surface area contributed by atoms with Crippen molar-refractivity contribution in [2.24, 2.45) is 28.6 Å². The molecule has 0 aromatic heterocycles. The quantitative estimate of drug-likeness (QED) is 0.419. The van der Waals surface area contributed by atoms with Crippen molar-refractivity contribution in [1.82, 2.24) is 0 Å². The zero-order valence-corrected chi connectivity index (χ0v) is 20.2. The number of fused-ring (bicyclic) bond motifs is 1. The fourth-order valence-electron chi connectivity index (χ4n) is 6.15. The topological polar surface area (TPSA) is 35.5 Å². The molecule has 0 N–H and O–H groups in total. The second-order valence-electron chi connectivity index (χ2n) is 11.1. The van der Waals surface area contributed by atoms with Crippen LogP contribution in [0, 0.1) is 28.6 Å². The van der Waals surface area contributed by atoms with Gasteiger partial charge in [-0.15, -0.1) is 0 Å². The lowest BCUT2D eigenvalue weighted by atomic mass is 9.61. The highest BCUT2D eigenvalue weighted by Crippen LogP contribution is 2.60. The summed E-state index contributed by atoms with van der Waals surface area (Å²) in [4.78, 5) is 14.6. The summed E-state index contributed by atoms with van der Waals surface area (Å²) in [7, 11) is 0. The SMILES string of the molecule is C[C@H](CCC[C@@]1(C)O[C@H](C(C)(C)C)OC1=O)[C@H]1CCC2C(=CBr)CCC[C@@]21C. The normalized spacial score (nSPS) is 41.2. The van der Waals surface area contributed by atoms with Crippen LogP contribution < -0.4 is 0 Å². The van der Waals surface area contributed by atoms with E-state index in [2.05, 4.69) is 55.5 Å². The van der Waals surface area contributed by atoms with Crippen LogP contribution in [-0.2, 0) is 14.3 Å². The fourth-order valence-corrected chi connectivity index (χ4v) is 6.70. The molecule has 3 fully saturated rings. The van der Waals surface area contributed by atoms with E-state index in [1.165, 1.54) is 32.1 Å². The van der Waals surface area contributed by atoms with Crippen molar-refractivity contribution in [2.75, 3.05) is 0 Å². The smallest absolute Gasteiger partial charge is 0.340 e. The Morgan fingerprint density at radius 1 is 1.29 bits per heavy atom. The molecule has 3 aliphatic rings. The van der Waals surface area contributed by atoms with Gasteiger partial charge in [0.1, 0.15) is 0 Å². The average Bonchev–Trinajstić information content (AvgIpc) is 3.11. The molecule has 1 saturated heterocycles. The molecule has 2 aliphatic carbocycles. The number of cyclic esters (lactones) is 1. The van der Waals surface area contributed by atoms with E-state index >= 15 is 0 Å². The number of esters is 1. The van der Waals surface area contributed by atoms with Gasteiger partial charge in [-0.05, 0) is 80.0 Å². The summed E-state index contributed by atoms with van der Waals surface area (Å²) in [6.45, 7) is 13.0. The lowest BCUT2D eigenvalue weighted by Gasteiger charge is -2.44. The first-order valence-electron chi connectivity index (χ1n) is 11.2. The highest BCUT2D eigenvalue weighted by atomic mass is 79.9. The number of carbonyl (C=O) groups is 1. The maximum Gasteiger partial charge on any atom is 0.340 e. The first-order valence-corrected chi connectivity index (χ1v) is 12.1. The van der Waals surface area contributed by atoms with Gasteiger partial charge in [-0.25, -0.2) is 4.79 Å². The van der Waals surface area contributed by atoms with Gasteiger partial charge in [0.15, 0.2) is 5.60 Å². The number of rotatable bonds is 5. The van der Waals surface area contributed by atoms with E-state index < -0.39 is 11.9 Å². The van der Waals surface area contributed by atoms with E-state index in [1.54, 1.807) is 5.57 Å². The number of allylic oxidation sites excluding steroid dienone is 1. The van der Waals surface area contributed by atoms with Crippen molar-refractivity contribution in [2.45, 2.75) is 105 Å². The third-order valence-corrected chi connectivity index (χ3v) is 8.49. The van der Waals surface area contributed by atoms with Gasteiger partial charge in [-0.2, -0.15) is 0 Å². The van der Waals surface area contributed by atoms with Gasteiger partial charge in [0.25, 0.3) is 0 Å². The predicted octanol–water partition coefficient (Wildman–Crippen LogP) is 6.99. The minimum atomic E-state index is -0.781. The minimum Gasteiger partial charge on any atom is -0.433 e. The second-order valence-corrected chi connectivity index (χ2v) is 11.6. The number of halogens is 1. The van der Waals surface area contributed by atoms with Crippen LogP contribution in [0.15, 0.2) is 10.6 Å². The maximum absolute atomic E-state index is 12.4. The molecule has 2 saturated carbocycles. The Morgan fingerprint density at radius 3 is 2.61 bits per heavy atom. The molecule has 3 nitrogen and oxygen atoms in total. The molecule has 1 heterocycles. The van der Waals surface area contributed by atoms with E-state index in [0.29, 0.717) is 11.3 Å². The molecule has 28 heavy (non-hydrogen) atoms. The fraction of sp³-hybridized carbons (Fsp3) is 0.875. The molecule has 160 valence electrons. The van der Waals surface area contributed by atoms with Gasteiger partial charge in [0.2, 0.25) is 6.29 Å². The first kappa shape index (κ1) is 22.3. The number of carbonyl (C=O) groups excluding carboxylic acids is 1. The van der Waals surface area contributed by atoms with Crippen molar-refractivity contribution in [3.63, 3.8) is 0 Å². The molecule has 1 unspecified atom stereocenters. The minimum absolute atomic E-state index is 0.185. The number of hydrogen-bond donors (Lipinski definition) is 0. The Bertz CT molecular complexity index is 622. The predicted molar refractivity (Wildman–Crippen MR) is 117 cm³/mol. The van der Waals surface area contributed by atoms with Crippen molar-refractivity contribution in [3.8, 4) is 0 Å². The van der Waals surface area contributed by atoms with Gasteiger partial charge in [0.05, 0.1) is 0 Å². The van der Waals surface area contributed by atoms with Crippen molar-refractivity contribution in [3.05, 3.63) is 10.6 Å². The van der Waals surface area contributed by atoms with Crippen LogP contribution in [0.5, 0.6) is 0 Å². The van der Waals surface area contributed by atoms with Gasteiger partial charge in [0, 0.05) is 5.41 Å². The third-order valence-electron chi connectivity index (χ3n) is 7.90. The summed E-state index contributed by atoms with van der Waals surface area (Å²) < 4.78 is 11.6. The molecule has 0 radical (unpaired) electrons. The molecule has 3 rings (SSSR count). The zero-order chi connectivity index (χ0) is 20.7. The van der Waals surface area contributed by atoms with Crippen LogP contribution in [-0.4, -0.2) is 17.9 Å². The van der Waals surface area contributed by atoms with E-state index in [1.807, 2.05) is 6.92 Å². The third kappa shape index (κ3) is 4.10. The molecular weight excluding hydrogens is 416 g/mol. The van der Waals surface area contributed by atoms with Crippen LogP contribution >= 0.6 is 15.9 Å². The van der Waals surface area contributed by atoms with E-state index in [4.69, 9.17) is 9.47 Å². The molecule has 0 amide bonds. The first-order chi connectivity index (χ1) is 13.0. The highest BCUT2D eigenvalue weighted by Gasteiger charge is 2.52. The highest BCUT2D eigenvalue weighted by molar-refractivity contribution is 9.11. The molecular formula is C24H39BrO3. The number of ether oxygens (including phenoxy) is 2. The molecule has 4 heteroatoms. The zero-order valence-electron chi connectivity index (χ0n) is 18.6. The van der Waals surface area contributed by atoms with Crippen LogP contribution in [0.2, 0.25) is 0 Å². The van der Waals surface area contributed by atoms with Gasteiger partial charge in [-0.3, -0.25) is 0 Å². The Kier molecular flexibility index (Phi) is 6.43. The summed E-state index contributed by atoms with van der Waals surface area (Å²) >= 11 is 3.62. The average molecular weight is 455 g/mol. The van der Waals surface area contributed by atoms with E-state index in [0.717, 1.165) is 31.1 Å². The Labute approximate surface area is 180 Å². The summed E-state index contributed by atoms with van der Waals surface area (Å²) in [6.07, 6.45) is 9.11. The van der Waals surface area contributed by atoms with Gasteiger partial charge < -0.3 is 9.47 Å². The standard InChI is InChI=1S/C24H39BrO3/c1-16(18-11-12-19-17(15-25)10-8-13-23(18,19)5)9-7-14-24(6)20(26)27-21(28-24)22(2,3)4/h15-16,18-19,21H,7-14H2,1-6H3/t16-,18-,19?,21-,23-,24-/m1/s1. The Balaban J connectivity index is 1.56. The monoisotopic (exact) mass is 454 g/mol. The summed E-state index contributed by atoms with van der Waals surface area (Å²) in [6, 6.07) is 0. The van der Waals surface area contributed by atoms with E-state index in [9.17, 15) is 4.79 Å².